The van der Waals surface area contributed by atoms with E-state index in [4.69, 9.17) is 4.74 Å². The second kappa shape index (κ2) is 3.33. The fraction of sp³-hybridized carbons (Fsp3) is 0.200. The Kier molecular flexibility index (Phi) is 2.19. The fourth-order valence-corrected chi connectivity index (χ4v) is 1.80. The molecule has 0 bridgehead atoms. The molecule has 0 amide bonds. The maximum absolute atomic E-state index is 5.12. The fourth-order valence-electron chi connectivity index (χ4n) is 0.940. The third-order valence-electron chi connectivity index (χ3n) is 1.68. The van der Waals surface area contributed by atoms with E-state index in [1.54, 1.807) is 11.8 Å². The van der Waals surface area contributed by atoms with Gasteiger partial charge in [-0.15, -0.1) is 0 Å². The summed E-state index contributed by atoms with van der Waals surface area (Å²) in [7, 11) is 0. The first-order chi connectivity index (χ1) is 5.86. The molecule has 1 heterocycles. The van der Waals surface area contributed by atoms with E-state index in [9.17, 15) is 0 Å². The van der Waals surface area contributed by atoms with Crippen molar-refractivity contribution in [3.05, 3.63) is 41.8 Å². The Morgan fingerprint density at radius 1 is 1.42 bits per heavy atom. The molecule has 1 saturated heterocycles. The number of rotatable bonds is 3. The number of ether oxygens (including phenoxy) is 1. The maximum Gasteiger partial charge on any atom is 0.112 e. The average Bonchev–Trinajstić information content (AvgIpc) is 2.88. The van der Waals surface area contributed by atoms with E-state index in [0.717, 1.165) is 11.5 Å². The highest BCUT2D eigenvalue weighted by molar-refractivity contribution is 8.03. The van der Waals surface area contributed by atoms with Gasteiger partial charge in [-0.1, -0.05) is 36.5 Å². The van der Waals surface area contributed by atoms with Gasteiger partial charge in [0, 0.05) is 9.80 Å². The summed E-state index contributed by atoms with van der Waals surface area (Å²) in [6.45, 7) is 4.80. The van der Waals surface area contributed by atoms with Gasteiger partial charge in [-0.05, 0) is 12.1 Å². The molecule has 1 aromatic carbocycles. The molecule has 0 aromatic heterocycles. The van der Waals surface area contributed by atoms with E-state index in [2.05, 4.69) is 18.7 Å². The van der Waals surface area contributed by atoms with Crippen molar-refractivity contribution in [2.75, 3.05) is 6.61 Å². The molecule has 12 heavy (non-hydrogen) atoms. The molecule has 0 spiro atoms. The Balaban J connectivity index is 1.98. The molecule has 0 saturated carbocycles. The van der Waals surface area contributed by atoms with Gasteiger partial charge in [0.2, 0.25) is 0 Å². The lowest BCUT2D eigenvalue weighted by Crippen LogP contribution is -1.84. The summed E-state index contributed by atoms with van der Waals surface area (Å²) in [5.74, 6) is 0. The van der Waals surface area contributed by atoms with Gasteiger partial charge in [0.05, 0.1) is 6.61 Å². The van der Waals surface area contributed by atoms with Gasteiger partial charge in [0.25, 0.3) is 0 Å². The van der Waals surface area contributed by atoms with Crippen molar-refractivity contribution in [3.63, 3.8) is 0 Å². The number of benzene rings is 1. The van der Waals surface area contributed by atoms with Crippen molar-refractivity contribution < 1.29 is 4.74 Å². The topological polar surface area (TPSA) is 12.5 Å². The molecule has 1 aliphatic heterocycles. The number of epoxide rings is 1. The lowest BCUT2D eigenvalue weighted by molar-refractivity contribution is 0.438. The summed E-state index contributed by atoms with van der Waals surface area (Å²) < 4.78 is 5.12. The Morgan fingerprint density at radius 2 is 2.08 bits per heavy atom. The summed E-state index contributed by atoms with van der Waals surface area (Å²) in [5, 5.41) is 0. The first kappa shape index (κ1) is 7.90. The van der Waals surface area contributed by atoms with Crippen LogP contribution in [0.4, 0.5) is 0 Å². The molecule has 1 aliphatic rings. The van der Waals surface area contributed by atoms with Gasteiger partial charge in [-0.25, -0.2) is 0 Å². The van der Waals surface area contributed by atoms with Crippen molar-refractivity contribution in [1.29, 1.82) is 0 Å². The number of hydrogen-bond acceptors (Lipinski definition) is 2. The molecule has 1 nitrogen and oxygen atoms in total. The van der Waals surface area contributed by atoms with E-state index in [-0.39, 0.29) is 0 Å². The van der Waals surface area contributed by atoms with Crippen LogP contribution in [0.5, 0.6) is 0 Å². The van der Waals surface area contributed by atoms with Crippen LogP contribution in [-0.4, -0.2) is 12.7 Å². The molecule has 2 heteroatoms. The molecule has 0 aliphatic carbocycles. The van der Waals surface area contributed by atoms with Crippen molar-refractivity contribution in [2.24, 2.45) is 0 Å². The Morgan fingerprint density at radius 3 is 2.67 bits per heavy atom. The molecule has 0 unspecified atom stereocenters. The van der Waals surface area contributed by atoms with Crippen molar-refractivity contribution in [1.82, 2.24) is 0 Å². The lowest BCUT2D eigenvalue weighted by Gasteiger charge is -2.00. The number of thioether (sulfide) groups is 1. The molecule has 0 radical (unpaired) electrons. The first-order valence-corrected chi connectivity index (χ1v) is 4.71. The van der Waals surface area contributed by atoms with E-state index in [0.29, 0.717) is 6.10 Å². The van der Waals surface area contributed by atoms with Crippen LogP contribution >= 0.6 is 11.8 Å². The van der Waals surface area contributed by atoms with Gasteiger partial charge in [0.15, 0.2) is 0 Å². The van der Waals surface area contributed by atoms with Crippen LogP contribution in [0.15, 0.2) is 46.7 Å². The zero-order chi connectivity index (χ0) is 8.39. The predicted molar refractivity (Wildman–Crippen MR) is 51.2 cm³/mol. The van der Waals surface area contributed by atoms with Crippen molar-refractivity contribution in [3.8, 4) is 0 Å². The van der Waals surface area contributed by atoms with Crippen LogP contribution in [0.2, 0.25) is 0 Å². The highest BCUT2D eigenvalue weighted by Crippen LogP contribution is 2.33. The minimum atomic E-state index is 0.301. The van der Waals surface area contributed by atoms with Gasteiger partial charge < -0.3 is 4.74 Å². The zero-order valence-corrected chi connectivity index (χ0v) is 7.51. The SMILES string of the molecule is C=C(Sc1ccccc1)[C@@H]1CO1. The second-order valence-electron chi connectivity index (χ2n) is 2.70. The molecular weight excluding hydrogens is 168 g/mol. The van der Waals surface area contributed by atoms with Crippen LogP contribution < -0.4 is 0 Å². The van der Waals surface area contributed by atoms with E-state index in [1.165, 1.54) is 4.90 Å². The zero-order valence-electron chi connectivity index (χ0n) is 6.69. The molecular formula is C10H10OS. The normalized spacial score (nSPS) is 20.5. The van der Waals surface area contributed by atoms with Gasteiger partial charge in [-0.2, -0.15) is 0 Å². The first-order valence-electron chi connectivity index (χ1n) is 3.89. The van der Waals surface area contributed by atoms with Crippen LogP contribution in [-0.2, 0) is 4.74 Å². The summed E-state index contributed by atoms with van der Waals surface area (Å²) in [6, 6.07) is 10.2. The monoisotopic (exact) mass is 178 g/mol. The third-order valence-corrected chi connectivity index (χ3v) is 2.72. The second-order valence-corrected chi connectivity index (χ2v) is 3.90. The molecule has 1 atom stereocenters. The minimum Gasteiger partial charge on any atom is -0.367 e. The van der Waals surface area contributed by atoms with E-state index < -0.39 is 0 Å². The van der Waals surface area contributed by atoms with Crippen LogP contribution in [0.25, 0.3) is 0 Å². The average molecular weight is 178 g/mol. The van der Waals surface area contributed by atoms with Crippen LogP contribution in [0.1, 0.15) is 0 Å². The predicted octanol–water partition coefficient (Wildman–Crippen LogP) is 2.69. The highest BCUT2D eigenvalue weighted by Gasteiger charge is 2.26. The Labute approximate surface area is 76.4 Å². The molecule has 1 aromatic rings. The smallest absolute Gasteiger partial charge is 0.112 e. The van der Waals surface area contributed by atoms with Crippen molar-refractivity contribution >= 4 is 11.8 Å². The highest BCUT2D eigenvalue weighted by atomic mass is 32.2. The maximum atomic E-state index is 5.12. The summed E-state index contributed by atoms with van der Waals surface area (Å²) in [5.41, 5.74) is 0. The lowest BCUT2D eigenvalue weighted by atomic mass is 10.4. The van der Waals surface area contributed by atoms with Crippen molar-refractivity contribution in [2.45, 2.75) is 11.0 Å². The van der Waals surface area contributed by atoms with E-state index in [1.807, 2.05) is 18.2 Å². The van der Waals surface area contributed by atoms with Gasteiger partial charge in [-0.3, -0.25) is 0 Å². The summed E-state index contributed by atoms with van der Waals surface area (Å²) >= 11 is 1.69. The molecule has 1 fully saturated rings. The summed E-state index contributed by atoms with van der Waals surface area (Å²) in [6.07, 6.45) is 0.301. The summed E-state index contributed by atoms with van der Waals surface area (Å²) in [4.78, 5) is 2.35. The molecule has 2 rings (SSSR count). The number of hydrogen-bond donors (Lipinski definition) is 0. The Bertz CT molecular complexity index is 277. The third kappa shape index (κ3) is 1.90. The van der Waals surface area contributed by atoms with Gasteiger partial charge in [0.1, 0.15) is 6.10 Å². The molecule has 62 valence electrons. The van der Waals surface area contributed by atoms with E-state index >= 15 is 0 Å². The van der Waals surface area contributed by atoms with Crippen LogP contribution in [0.3, 0.4) is 0 Å². The quantitative estimate of drug-likeness (QED) is 0.521. The van der Waals surface area contributed by atoms with Gasteiger partial charge >= 0.3 is 0 Å². The molecule has 0 N–H and O–H groups in total. The minimum absolute atomic E-state index is 0.301. The largest absolute Gasteiger partial charge is 0.367 e. The Hall–Kier alpha value is -0.730. The van der Waals surface area contributed by atoms with Crippen LogP contribution in [0, 0.1) is 0 Å². The standard InChI is InChI=1S/C10H10OS/c1-8(10-7-11-10)12-9-5-3-2-4-6-9/h2-6,10H,1,7H2/t10-/m0/s1.